The van der Waals surface area contributed by atoms with Crippen molar-refractivity contribution >= 4 is 18.0 Å². The zero-order chi connectivity index (χ0) is 21.9. The van der Waals surface area contributed by atoms with Crippen molar-refractivity contribution in [3.05, 3.63) is 95.6 Å². The van der Waals surface area contributed by atoms with Crippen molar-refractivity contribution < 1.29 is 19.1 Å². The van der Waals surface area contributed by atoms with Crippen molar-refractivity contribution in [2.24, 2.45) is 5.10 Å². The lowest BCUT2D eigenvalue weighted by atomic mass is 10.2. The second-order valence-corrected chi connectivity index (χ2v) is 6.55. The van der Waals surface area contributed by atoms with E-state index >= 15 is 0 Å². The van der Waals surface area contributed by atoms with Gasteiger partial charge in [-0.3, -0.25) is 9.59 Å². The predicted octanol–water partition coefficient (Wildman–Crippen LogP) is 3.15. The normalized spacial score (nSPS) is 10.5. The van der Waals surface area contributed by atoms with Crippen molar-refractivity contribution in [2.45, 2.75) is 6.61 Å². The van der Waals surface area contributed by atoms with E-state index in [0.717, 1.165) is 16.9 Å². The lowest BCUT2D eigenvalue weighted by Crippen LogP contribution is -2.34. The van der Waals surface area contributed by atoms with Crippen LogP contribution in [0.25, 0.3) is 0 Å². The summed E-state index contributed by atoms with van der Waals surface area (Å²) in [5, 5.41) is 6.44. The number of hydrazone groups is 1. The Bertz CT molecular complexity index is 1020. The molecule has 0 atom stereocenters. The largest absolute Gasteiger partial charge is 0.497 e. The number of methoxy groups -OCH3 is 1. The molecule has 0 fully saturated rings. The molecule has 0 radical (unpaired) electrons. The summed E-state index contributed by atoms with van der Waals surface area (Å²) in [6.45, 7) is 0.307. The molecule has 0 bridgehead atoms. The first-order valence-electron chi connectivity index (χ1n) is 9.65. The molecule has 0 saturated heterocycles. The molecule has 0 aliphatic heterocycles. The smallest absolute Gasteiger partial charge is 0.259 e. The SMILES string of the molecule is COc1ccc(C(=O)NCC(=O)N/N=C/c2ccc(OCc3ccccc3)cc2)cc1. The first-order chi connectivity index (χ1) is 15.1. The van der Waals surface area contributed by atoms with Crippen LogP contribution in [0.2, 0.25) is 0 Å². The number of rotatable bonds is 9. The van der Waals surface area contributed by atoms with Crippen LogP contribution in [-0.2, 0) is 11.4 Å². The molecule has 2 amide bonds. The molecule has 2 N–H and O–H groups in total. The quantitative estimate of drug-likeness (QED) is 0.413. The maximum absolute atomic E-state index is 12.0. The molecule has 0 heterocycles. The molecule has 0 aliphatic carbocycles. The molecule has 0 saturated carbocycles. The van der Waals surface area contributed by atoms with Crippen LogP contribution in [0.15, 0.2) is 84.0 Å². The monoisotopic (exact) mass is 417 g/mol. The Morgan fingerprint density at radius 3 is 2.26 bits per heavy atom. The van der Waals surface area contributed by atoms with Crippen molar-refractivity contribution in [3.8, 4) is 11.5 Å². The molecule has 3 aromatic carbocycles. The number of nitrogens with one attached hydrogen (secondary N) is 2. The van der Waals surface area contributed by atoms with E-state index < -0.39 is 5.91 Å². The summed E-state index contributed by atoms with van der Waals surface area (Å²) in [5.74, 6) is 0.611. The summed E-state index contributed by atoms with van der Waals surface area (Å²) in [4.78, 5) is 23.9. The van der Waals surface area contributed by atoms with E-state index in [1.165, 1.54) is 6.21 Å². The standard InChI is InChI=1S/C24H23N3O4/c1-30-21-13-9-20(10-14-21)24(29)25-16-23(28)27-26-15-18-7-11-22(12-8-18)31-17-19-5-3-2-4-6-19/h2-15H,16-17H2,1H3,(H,25,29)(H,27,28)/b26-15+. The minimum atomic E-state index is -0.430. The van der Waals surface area contributed by atoms with Crippen molar-refractivity contribution in [3.63, 3.8) is 0 Å². The molecule has 3 aromatic rings. The molecule has 0 unspecified atom stereocenters. The van der Waals surface area contributed by atoms with Crippen LogP contribution in [0.1, 0.15) is 21.5 Å². The second-order valence-electron chi connectivity index (χ2n) is 6.55. The summed E-state index contributed by atoms with van der Waals surface area (Å²) in [6.07, 6.45) is 1.52. The van der Waals surface area contributed by atoms with Gasteiger partial charge in [-0.2, -0.15) is 5.10 Å². The lowest BCUT2D eigenvalue weighted by Gasteiger charge is -2.06. The molecule has 158 valence electrons. The van der Waals surface area contributed by atoms with Crippen LogP contribution in [-0.4, -0.2) is 31.7 Å². The fraction of sp³-hybridized carbons (Fsp3) is 0.125. The maximum atomic E-state index is 12.0. The Hall–Kier alpha value is -4.13. The first-order valence-corrected chi connectivity index (χ1v) is 9.65. The topological polar surface area (TPSA) is 89.0 Å². The molecule has 0 aromatic heterocycles. The van der Waals surface area contributed by atoms with Crippen LogP contribution in [0, 0.1) is 0 Å². The Labute approximate surface area is 180 Å². The van der Waals surface area contributed by atoms with E-state index in [1.54, 1.807) is 31.4 Å². The Kier molecular flexibility index (Phi) is 7.77. The van der Waals surface area contributed by atoms with Crippen LogP contribution in [0.5, 0.6) is 11.5 Å². The van der Waals surface area contributed by atoms with Crippen molar-refractivity contribution in [2.75, 3.05) is 13.7 Å². The van der Waals surface area contributed by atoms with E-state index in [0.29, 0.717) is 17.9 Å². The Morgan fingerprint density at radius 2 is 1.58 bits per heavy atom. The lowest BCUT2D eigenvalue weighted by molar-refractivity contribution is -0.120. The van der Waals surface area contributed by atoms with E-state index in [9.17, 15) is 9.59 Å². The number of hydrogen-bond acceptors (Lipinski definition) is 5. The third-order valence-electron chi connectivity index (χ3n) is 4.29. The number of hydrogen-bond donors (Lipinski definition) is 2. The number of amides is 2. The van der Waals surface area contributed by atoms with E-state index in [2.05, 4.69) is 15.8 Å². The zero-order valence-electron chi connectivity index (χ0n) is 17.1. The van der Waals surface area contributed by atoms with Crippen molar-refractivity contribution in [1.82, 2.24) is 10.7 Å². The van der Waals surface area contributed by atoms with E-state index in [1.807, 2.05) is 54.6 Å². The molecule has 31 heavy (non-hydrogen) atoms. The predicted molar refractivity (Wildman–Crippen MR) is 118 cm³/mol. The highest BCUT2D eigenvalue weighted by Crippen LogP contribution is 2.13. The average Bonchev–Trinajstić information content (AvgIpc) is 2.82. The Balaban J connectivity index is 1.40. The third-order valence-corrected chi connectivity index (χ3v) is 4.29. The van der Waals surface area contributed by atoms with E-state index in [4.69, 9.17) is 9.47 Å². The van der Waals surface area contributed by atoms with Gasteiger partial charge in [0.25, 0.3) is 11.8 Å². The number of benzene rings is 3. The highest BCUT2D eigenvalue weighted by Gasteiger charge is 2.07. The van der Waals surface area contributed by atoms with Gasteiger partial charge in [-0.05, 0) is 59.7 Å². The first kappa shape index (κ1) is 21.6. The number of carbonyl (C=O) groups excluding carboxylic acids is 2. The van der Waals surface area contributed by atoms with Gasteiger partial charge in [0, 0.05) is 5.56 Å². The van der Waals surface area contributed by atoms with Crippen molar-refractivity contribution in [1.29, 1.82) is 0 Å². The van der Waals surface area contributed by atoms with E-state index in [-0.39, 0.29) is 12.5 Å². The minimum absolute atomic E-state index is 0.186. The van der Waals surface area contributed by atoms with Gasteiger partial charge in [-0.25, -0.2) is 5.43 Å². The summed E-state index contributed by atoms with van der Waals surface area (Å²) in [7, 11) is 1.55. The van der Waals surface area contributed by atoms with Gasteiger partial charge in [0.2, 0.25) is 0 Å². The highest BCUT2D eigenvalue weighted by atomic mass is 16.5. The summed E-state index contributed by atoms with van der Waals surface area (Å²) < 4.78 is 10.8. The van der Waals surface area contributed by atoms with Gasteiger partial charge in [0.05, 0.1) is 19.9 Å². The fourth-order valence-corrected chi connectivity index (χ4v) is 2.61. The second kappa shape index (κ2) is 11.2. The van der Waals surface area contributed by atoms with Gasteiger partial charge < -0.3 is 14.8 Å². The summed E-state index contributed by atoms with van der Waals surface area (Å²) >= 11 is 0. The highest BCUT2D eigenvalue weighted by molar-refractivity contribution is 5.96. The maximum Gasteiger partial charge on any atom is 0.259 e. The molecule has 7 nitrogen and oxygen atoms in total. The fourth-order valence-electron chi connectivity index (χ4n) is 2.61. The number of ether oxygens (including phenoxy) is 2. The third kappa shape index (κ3) is 7.01. The van der Waals surface area contributed by atoms with Gasteiger partial charge in [-0.1, -0.05) is 30.3 Å². The average molecular weight is 417 g/mol. The summed E-state index contributed by atoms with van der Waals surface area (Å²) in [6, 6.07) is 23.8. The molecule has 0 spiro atoms. The van der Waals surface area contributed by atoms with Crippen LogP contribution >= 0.6 is 0 Å². The summed E-state index contributed by atoms with van der Waals surface area (Å²) in [5.41, 5.74) is 4.71. The zero-order valence-corrected chi connectivity index (χ0v) is 17.1. The minimum Gasteiger partial charge on any atom is -0.497 e. The van der Waals surface area contributed by atoms with Gasteiger partial charge in [0.15, 0.2) is 0 Å². The number of carbonyl (C=O) groups is 2. The molecule has 7 heteroatoms. The number of nitrogens with zero attached hydrogens (tertiary/aromatic N) is 1. The Morgan fingerprint density at radius 1 is 0.903 bits per heavy atom. The van der Waals surface area contributed by atoms with Gasteiger partial charge >= 0.3 is 0 Å². The van der Waals surface area contributed by atoms with Crippen LogP contribution in [0.3, 0.4) is 0 Å². The van der Waals surface area contributed by atoms with Gasteiger partial charge in [-0.15, -0.1) is 0 Å². The molecule has 0 aliphatic rings. The van der Waals surface area contributed by atoms with Crippen LogP contribution < -0.4 is 20.2 Å². The van der Waals surface area contributed by atoms with Gasteiger partial charge in [0.1, 0.15) is 18.1 Å². The van der Waals surface area contributed by atoms with Crippen LogP contribution in [0.4, 0.5) is 0 Å². The molecular formula is C24H23N3O4. The molecule has 3 rings (SSSR count). The molecular weight excluding hydrogens is 394 g/mol.